The molecule has 132 valence electrons. The lowest BCUT2D eigenvalue weighted by Crippen LogP contribution is -2.21. The standard InChI is InChI=1S/C21H25NO3/c1-2-9-21(18-24-17-20-12-7-4-8-13-20)25-15-14-22(23)16-19-10-5-3-6-11-19/h2-8,10-14,21H,1,9,15-18H2/b22-14+. The molecule has 2 rings (SSSR count). The summed E-state index contributed by atoms with van der Waals surface area (Å²) in [5.74, 6) is 0. The minimum atomic E-state index is -0.109. The van der Waals surface area contributed by atoms with E-state index in [1.165, 1.54) is 6.21 Å². The van der Waals surface area contributed by atoms with Crippen LogP contribution in [0.5, 0.6) is 0 Å². The molecule has 0 spiro atoms. The Labute approximate surface area is 149 Å². The third kappa shape index (κ3) is 7.79. The number of nitrogens with zero attached hydrogens (tertiary/aromatic N) is 1. The van der Waals surface area contributed by atoms with Gasteiger partial charge in [-0.25, -0.2) is 4.74 Å². The molecule has 0 heterocycles. The van der Waals surface area contributed by atoms with Gasteiger partial charge in [-0.3, -0.25) is 0 Å². The van der Waals surface area contributed by atoms with Crippen molar-refractivity contribution in [3.63, 3.8) is 0 Å². The predicted octanol–water partition coefficient (Wildman–Crippen LogP) is 3.95. The first-order chi connectivity index (χ1) is 12.3. The Balaban J connectivity index is 1.72. The largest absolute Gasteiger partial charge is 0.624 e. The molecule has 4 nitrogen and oxygen atoms in total. The molecule has 0 saturated heterocycles. The van der Waals surface area contributed by atoms with Gasteiger partial charge >= 0.3 is 0 Å². The highest BCUT2D eigenvalue weighted by Crippen LogP contribution is 2.05. The highest BCUT2D eigenvalue weighted by atomic mass is 16.5. The Hall–Kier alpha value is -2.43. The maximum atomic E-state index is 11.9. The topological polar surface area (TPSA) is 44.5 Å². The summed E-state index contributed by atoms with van der Waals surface area (Å²) in [6, 6.07) is 19.6. The molecule has 0 saturated carbocycles. The summed E-state index contributed by atoms with van der Waals surface area (Å²) < 4.78 is 12.3. The summed E-state index contributed by atoms with van der Waals surface area (Å²) in [6.45, 7) is 5.33. The molecular weight excluding hydrogens is 314 g/mol. The number of hydrogen-bond acceptors (Lipinski definition) is 3. The third-order valence-corrected chi connectivity index (χ3v) is 3.64. The molecule has 0 aromatic heterocycles. The second-order valence-corrected chi connectivity index (χ2v) is 5.72. The van der Waals surface area contributed by atoms with Gasteiger partial charge in [-0.15, -0.1) is 6.58 Å². The van der Waals surface area contributed by atoms with Crippen molar-refractivity contribution in [2.24, 2.45) is 0 Å². The number of benzene rings is 2. The lowest BCUT2D eigenvalue weighted by Gasteiger charge is -2.15. The van der Waals surface area contributed by atoms with Crippen LogP contribution in [0.2, 0.25) is 0 Å². The van der Waals surface area contributed by atoms with Crippen LogP contribution in [0.25, 0.3) is 0 Å². The van der Waals surface area contributed by atoms with E-state index in [9.17, 15) is 5.21 Å². The maximum Gasteiger partial charge on any atom is 0.178 e. The zero-order chi connectivity index (χ0) is 17.7. The smallest absolute Gasteiger partial charge is 0.178 e. The highest BCUT2D eigenvalue weighted by Gasteiger charge is 2.08. The van der Waals surface area contributed by atoms with Crippen LogP contribution in [0.3, 0.4) is 0 Å². The minimum absolute atomic E-state index is 0.109. The summed E-state index contributed by atoms with van der Waals surface area (Å²) >= 11 is 0. The first-order valence-electron chi connectivity index (χ1n) is 8.43. The van der Waals surface area contributed by atoms with Crippen LogP contribution in [0.4, 0.5) is 0 Å². The molecule has 0 aliphatic heterocycles. The van der Waals surface area contributed by atoms with E-state index in [0.717, 1.165) is 15.9 Å². The Morgan fingerprint density at radius 1 is 1.00 bits per heavy atom. The zero-order valence-corrected chi connectivity index (χ0v) is 14.4. The molecule has 25 heavy (non-hydrogen) atoms. The lowest BCUT2D eigenvalue weighted by atomic mass is 10.2. The van der Waals surface area contributed by atoms with E-state index in [1.54, 1.807) is 6.08 Å². The summed E-state index contributed by atoms with van der Waals surface area (Å²) in [5, 5.41) is 11.9. The summed E-state index contributed by atoms with van der Waals surface area (Å²) in [6.07, 6.45) is 3.89. The Kier molecular flexibility index (Phi) is 8.45. The van der Waals surface area contributed by atoms with Crippen molar-refractivity contribution < 1.29 is 14.2 Å². The first kappa shape index (κ1) is 18.9. The molecule has 0 amide bonds. The predicted molar refractivity (Wildman–Crippen MR) is 100 cm³/mol. The third-order valence-electron chi connectivity index (χ3n) is 3.64. The average Bonchev–Trinajstić information content (AvgIpc) is 2.63. The van der Waals surface area contributed by atoms with Crippen molar-refractivity contribution in [3.05, 3.63) is 89.7 Å². The number of rotatable bonds is 11. The molecule has 0 aliphatic carbocycles. The second kappa shape index (κ2) is 11.2. The van der Waals surface area contributed by atoms with Crippen LogP contribution < -0.4 is 0 Å². The van der Waals surface area contributed by atoms with Gasteiger partial charge in [-0.05, 0) is 12.0 Å². The summed E-state index contributed by atoms with van der Waals surface area (Å²) in [7, 11) is 0. The molecular formula is C21H25NO3. The van der Waals surface area contributed by atoms with Crippen molar-refractivity contribution in [3.8, 4) is 0 Å². The van der Waals surface area contributed by atoms with Gasteiger partial charge < -0.3 is 14.7 Å². The van der Waals surface area contributed by atoms with Gasteiger partial charge in [0.25, 0.3) is 0 Å². The normalized spacial score (nSPS) is 12.7. The molecule has 4 heteroatoms. The minimum Gasteiger partial charge on any atom is -0.624 e. The molecule has 0 radical (unpaired) electrons. The Morgan fingerprint density at radius 2 is 1.64 bits per heavy atom. The average molecular weight is 339 g/mol. The van der Waals surface area contributed by atoms with Crippen molar-refractivity contribution in [1.82, 2.24) is 0 Å². The molecule has 0 fully saturated rings. The molecule has 0 bridgehead atoms. The van der Waals surface area contributed by atoms with Gasteiger partial charge in [0, 0.05) is 5.56 Å². The fourth-order valence-electron chi connectivity index (χ4n) is 2.34. The van der Waals surface area contributed by atoms with E-state index >= 15 is 0 Å². The number of hydrogen-bond donors (Lipinski definition) is 0. The number of ether oxygens (including phenoxy) is 2. The molecule has 1 unspecified atom stereocenters. The fraction of sp³-hybridized carbons (Fsp3) is 0.286. The van der Waals surface area contributed by atoms with Gasteiger partial charge in [-0.2, -0.15) is 0 Å². The number of hydroxylamine groups is 1. The van der Waals surface area contributed by atoms with Crippen LogP contribution in [0.1, 0.15) is 17.5 Å². The van der Waals surface area contributed by atoms with Crippen molar-refractivity contribution >= 4 is 6.21 Å². The van der Waals surface area contributed by atoms with Crippen molar-refractivity contribution in [2.75, 3.05) is 13.2 Å². The molecule has 0 N–H and O–H groups in total. The molecule has 0 aliphatic rings. The van der Waals surface area contributed by atoms with Crippen LogP contribution in [0.15, 0.2) is 73.3 Å². The SMILES string of the molecule is C=CCC(COCc1ccccc1)OC/C=[N+](/[O-])Cc1ccccc1. The zero-order valence-electron chi connectivity index (χ0n) is 14.4. The lowest BCUT2D eigenvalue weighted by molar-refractivity contribution is -0.471. The second-order valence-electron chi connectivity index (χ2n) is 5.72. The van der Waals surface area contributed by atoms with E-state index < -0.39 is 0 Å². The van der Waals surface area contributed by atoms with Crippen molar-refractivity contribution in [1.29, 1.82) is 0 Å². The van der Waals surface area contributed by atoms with E-state index in [0.29, 0.717) is 26.2 Å². The Morgan fingerprint density at radius 3 is 2.28 bits per heavy atom. The van der Waals surface area contributed by atoms with Crippen LogP contribution in [0, 0.1) is 5.21 Å². The van der Waals surface area contributed by atoms with Gasteiger partial charge in [-0.1, -0.05) is 66.7 Å². The van der Waals surface area contributed by atoms with E-state index in [1.807, 2.05) is 60.7 Å². The van der Waals surface area contributed by atoms with Crippen LogP contribution in [-0.2, 0) is 22.6 Å². The molecule has 1 atom stereocenters. The van der Waals surface area contributed by atoms with E-state index in [-0.39, 0.29) is 12.7 Å². The molecule has 2 aromatic rings. The van der Waals surface area contributed by atoms with Gasteiger partial charge in [0.05, 0.1) is 19.3 Å². The van der Waals surface area contributed by atoms with E-state index in [2.05, 4.69) is 6.58 Å². The summed E-state index contributed by atoms with van der Waals surface area (Å²) in [5.41, 5.74) is 2.10. The quantitative estimate of drug-likeness (QED) is 0.205. The van der Waals surface area contributed by atoms with Gasteiger partial charge in [0.2, 0.25) is 0 Å². The van der Waals surface area contributed by atoms with Crippen LogP contribution in [-0.4, -0.2) is 30.3 Å². The Bertz CT molecular complexity index is 641. The van der Waals surface area contributed by atoms with Crippen molar-refractivity contribution in [2.45, 2.75) is 25.7 Å². The van der Waals surface area contributed by atoms with Gasteiger partial charge in [0.15, 0.2) is 12.8 Å². The first-order valence-corrected chi connectivity index (χ1v) is 8.43. The highest BCUT2D eigenvalue weighted by molar-refractivity contribution is 5.52. The summed E-state index contributed by atoms with van der Waals surface area (Å²) in [4.78, 5) is 0. The van der Waals surface area contributed by atoms with Crippen LogP contribution >= 0.6 is 0 Å². The molecule has 2 aromatic carbocycles. The van der Waals surface area contributed by atoms with Gasteiger partial charge in [0.1, 0.15) is 6.61 Å². The maximum absolute atomic E-state index is 11.9. The monoisotopic (exact) mass is 339 g/mol. The fourth-order valence-corrected chi connectivity index (χ4v) is 2.34. The van der Waals surface area contributed by atoms with E-state index in [4.69, 9.17) is 9.47 Å².